The number of fused-ring (bicyclic) bond motifs is 1. The highest BCUT2D eigenvalue weighted by Gasteiger charge is 2.45. The number of aliphatic hydroxyl groups excluding tert-OH is 1. The van der Waals surface area contributed by atoms with Gasteiger partial charge in [0.25, 0.3) is 5.91 Å². The van der Waals surface area contributed by atoms with Crippen LogP contribution in [0.15, 0.2) is 66.1 Å². The predicted molar refractivity (Wildman–Crippen MR) is 109 cm³/mol. The summed E-state index contributed by atoms with van der Waals surface area (Å²) < 4.78 is 0. The summed E-state index contributed by atoms with van der Waals surface area (Å²) in [6.45, 7) is 5.51. The highest BCUT2D eigenvalue weighted by molar-refractivity contribution is 6.17. The van der Waals surface area contributed by atoms with Gasteiger partial charge in [-0.2, -0.15) is 0 Å². The molecule has 1 aliphatic heterocycles. The van der Waals surface area contributed by atoms with E-state index in [0.29, 0.717) is 5.69 Å². The van der Waals surface area contributed by atoms with Crippen LogP contribution in [0, 0.1) is 12.8 Å². The minimum atomic E-state index is -0.679. The SMILES string of the molecule is Cc1ccc(N2C(=O)C(O)=C(C(=O)C(C)C)C2c2c[nH]c3ccccc23)cc1. The van der Waals surface area contributed by atoms with E-state index >= 15 is 0 Å². The molecule has 1 amide bonds. The Morgan fingerprint density at radius 1 is 1.11 bits per heavy atom. The molecular formula is C23H22N2O3. The van der Waals surface area contributed by atoms with Gasteiger partial charge in [0, 0.05) is 34.3 Å². The third-order valence-corrected chi connectivity index (χ3v) is 5.23. The van der Waals surface area contributed by atoms with Crippen molar-refractivity contribution in [3.05, 3.63) is 77.2 Å². The van der Waals surface area contributed by atoms with Gasteiger partial charge in [-0.15, -0.1) is 0 Å². The molecule has 5 heteroatoms. The van der Waals surface area contributed by atoms with Crippen molar-refractivity contribution in [2.45, 2.75) is 26.8 Å². The van der Waals surface area contributed by atoms with E-state index in [9.17, 15) is 14.7 Å². The molecule has 0 spiro atoms. The van der Waals surface area contributed by atoms with E-state index in [4.69, 9.17) is 0 Å². The summed E-state index contributed by atoms with van der Waals surface area (Å²) in [4.78, 5) is 30.7. The van der Waals surface area contributed by atoms with Crippen LogP contribution in [-0.2, 0) is 9.59 Å². The predicted octanol–water partition coefficient (Wildman–Crippen LogP) is 4.60. The van der Waals surface area contributed by atoms with Gasteiger partial charge in [-0.1, -0.05) is 49.7 Å². The zero-order valence-corrected chi connectivity index (χ0v) is 16.1. The Morgan fingerprint density at radius 3 is 2.46 bits per heavy atom. The van der Waals surface area contributed by atoms with Crippen molar-refractivity contribution < 1.29 is 14.7 Å². The number of nitrogens with zero attached hydrogens (tertiary/aromatic N) is 1. The molecule has 3 aromatic rings. The molecule has 0 saturated carbocycles. The number of aliphatic hydroxyl groups is 1. The maximum absolute atomic E-state index is 13.0. The zero-order chi connectivity index (χ0) is 20.0. The number of nitrogens with one attached hydrogen (secondary N) is 1. The van der Waals surface area contributed by atoms with E-state index in [1.54, 1.807) is 13.8 Å². The normalized spacial score (nSPS) is 17.2. The van der Waals surface area contributed by atoms with E-state index in [-0.39, 0.29) is 17.3 Å². The third-order valence-electron chi connectivity index (χ3n) is 5.23. The Kier molecular flexibility index (Phi) is 4.30. The molecule has 2 aromatic carbocycles. The Balaban J connectivity index is 1.95. The molecule has 0 bridgehead atoms. The number of carbonyl (C=O) groups excluding carboxylic acids is 2. The lowest BCUT2D eigenvalue weighted by Gasteiger charge is -2.27. The molecule has 1 atom stereocenters. The number of aromatic amines is 1. The van der Waals surface area contributed by atoms with Crippen LogP contribution in [0.25, 0.3) is 10.9 Å². The van der Waals surface area contributed by atoms with Gasteiger partial charge in [0.05, 0.1) is 11.6 Å². The number of anilines is 1. The average Bonchev–Trinajstić information content (AvgIpc) is 3.21. The standard InChI is InChI=1S/C23H22N2O3/c1-13(2)21(26)19-20(17-12-24-18-7-5-4-6-16(17)18)25(23(28)22(19)27)15-10-8-14(3)9-11-15/h4-13,20,24,27H,1-3H3. The van der Waals surface area contributed by atoms with Gasteiger partial charge in [-0.3, -0.25) is 14.5 Å². The molecular weight excluding hydrogens is 352 g/mol. The number of carbonyl (C=O) groups is 2. The quantitative estimate of drug-likeness (QED) is 0.701. The average molecular weight is 374 g/mol. The number of hydrogen-bond acceptors (Lipinski definition) is 3. The second kappa shape index (κ2) is 6.68. The number of aromatic nitrogens is 1. The smallest absolute Gasteiger partial charge is 0.294 e. The number of H-pyrrole nitrogens is 1. The van der Waals surface area contributed by atoms with E-state index in [0.717, 1.165) is 22.0 Å². The van der Waals surface area contributed by atoms with Gasteiger partial charge < -0.3 is 10.1 Å². The number of rotatable bonds is 4. The van der Waals surface area contributed by atoms with E-state index in [2.05, 4.69) is 4.98 Å². The first-order valence-electron chi connectivity index (χ1n) is 9.33. The first-order chi connectivity index (χ1) is 13.4. The lowest BCUT2D eigenvalue weighted by Crippen LogP contribution is -2.31. The number of para-hydroxylation sites is 1. The zero-order valence-electron chi connectivity index (χ0n) is 16.1. The van der Waals surface area contributed by atoms with Crippen molar-refractivity contribution in [1.82, 2.24) is 4.98 Å². The van der Waals surface area contributed by atoms with Crippen LogP contribution in [0.1, 0.15) is 31.0 Å². The Labute approximate surface area is 163 Å². The summed E-state index contributed by atoms with van der Waals surface area (Å²) >= 11 is 0. The third kappa shape index (κ3) is 2.71. The van der Waals surface area contributed by atoms with Crippen molar-refractivity contribution in [3.8, 4) is 0 Å². The molecule has 28 heavy (non-hydrogen) atoms. The first kappa shape index (κ1) is 18.0. The van der Waals surface area contributed by atoms with E-state index < -0.39 is 17.7 Å². The lowest BCUT2D eigenvalue weighted by atomic mass is 9.91. The maximum Gasteiger partial charge on any atom is 0.294 e. The van der Waals surface area contributed by atoms with Gasteiger partial charge in [0.1, 0.15) is 0 Å². The summed E-state index contributed by atoms with van der Waals surface area (Å²) in [5.74, 6) is -1.58. The Hall–Kier alpha value is -3.34. The van der Waals surface area contributed by atoms with Crippen LogP contribution in [0.3, 0.4) is 0 Å². The summed E-state index contributed by atoms with van der Waals surface area (Å²) in [5, 5.41) is 11.6. The molecule has 0 radical (unpaired) electrons. The van der Waals surface area contributed by atoms with Gasteiger partial charge in [-0.05, 0) is 25.1 Å². The van der Waals surface area contributed by atoms with Gasteiger partial charge in [-0.25, -0.2) is 0 Å². The summed E-state index contributed by atoms with van der Waals surface area (Å²) in [7, 11) is 0. The highest BCUT2D eigenvalue weighted by atomic mass is 16.3. The number of amides is 1. The number of Topliss-reactive ketones (excluding diaryl/α,β-unsaturated/α-hetero) is 1. The van der Waals surface area contributed by atoms with Crippen molar-refractivity contribution in [3.63, 3.8) is 0 Å². The molecule has 0 saturated heterocycles. The second-order valence-electron chi connectivity index (χ2n) is 7.48. The van der Waals surface area contributed by atoms with Gasteiger partial charge in [0.2, 0.25) is 0 Å². The monoisotopic (exact) mass is 374 g/mol. The van der Waals surface area contributed by atoms with Crippen molar-refractivity contribution in [1.29, 1.82) is 0 Å². The largest absolute Gasteiger partial charge is 0.503 e. The summed E-state index contributed by atoms with van der Waals surface area (Å²) in [6, 6.07) is 14.6. The van der Waals surface area contributed by atoms with Crippen molar-refractivity contribution in [2.75, 3.05) is 4.90 Å². The van der Waals surface area contributed by atoms with Gasteiger partial charge >= 0.3 is 0 Å². The number of benzene rings is 2. The van der Waals surface area contributed by atoms with Crippen molar-refractivity contribution in [2.24, 2.45) is 5.92 Å². The van der Waals surface area contributed by atoms with Crippen LogP contribution in [0.4, 0.5) is 5.69 Å². The van der Waals surface area contributed by atoms with Crippen LogP contribution in [0.5, 0.6) is 0 Å². The highest BCUT2D eigenvalue weighted by Crippen LogP contribution is 2.43. The molecule has 2 heterocycles. The topological polar surface area (TPSA) is 73.4 Å². The summed E-state index contributed by atoms with van der Waals surface area (Å²) in [6.07, 6.45) is 1.82. The lowest BCUT2D eigenvalue weighted by molar-refractivity contribution is -0.119. The fraction of sp³-hybridized carbons (Fsp3) is 0.217. The number of ketones is 1. The molecule has 142 valence electrons. The molecule has 1 aromatic heterocycles. The maximum atomic E-state index is 13.0. The van der Waals surface area contributed by atoms with Crippen molar-refractivity contribution >= 4 is 28.3 Å². The molecule has 1 unspecified atom stereocenters. The Bertz CT molecular complexity index is 1110. The van der Waals surface area contributed by atoms with Crippen LogP contribution < -0.4 is 4.90 Å². The molecule has 2 N–H and O–H groups in total. The minimum Gasteiger partial charge on any atom is -0.503 e. The molecule has 0 fully saturated rings. The summed E-state index contributed by atoms with van der Waals surface area (Å²) in [5.41, 5.74) is 3.57. The number of aryl methyl sites for hydroxylation is 1. The van der Waals surface area contributed by atoms with E-state index in [1.807, 2.05) is 61.7 Å². The van der Waals surface area contributed by atoms with Gasteiger partial charge in [0.15, 0.2) is 11.5 Å². The van der Waals surface area contributed by atoms with Crippen LogP contribution in [0.2, 0.25) is 0 Å². The molecule has 0 aliphatic carbocycles. The first-order valence-corrected chi connectivity index (χ1v) is 9.33. The van der Waals surface area contributed by atoms with E-state index in [1.165, 1.54) is 4.90 Å². The fourth-order valence-corrected chi connectivity index (χ4v) is 3.75. The molecule has 4 rings (SSSR count). The number of hydrogen-bond donors (Lipinski definition) is 2. The fourth-order valence-electron chi connectivity index (χ4n) is 3.75. The minimum absolute atomic E-state index is 0.158. The molecule has 1 aliphatic rings. The molecule has 5 nitrogen and oxygen atoms in total. The van der Waals surface area contributed by atoms with Crippen LogP contribution in [-0.4, -0.2) is 21.8 Å². The van der Waals surface area contributed by atoms with Crippen LogP contribution >= 0.6 is 0 Å². The second-order valence-corrected chi connectivity index (χ2v) is 7.48. The Morgan fingerprint density at radius 2 is 1.79 bits per heavy atom.